The van der Waals surface area contributed by atoms with Crippen molar-refractivity contribution in [2.24, 2.45) is 0 Å². The molecule has 2 aromatic heterocycles. The van der Waals surface area contributed by atoms with Crippen molar-refractivity contribution in [3.63, 3.8) is 0 Å². The van der Waals surface area contributed by atoms with Gasteiger partial charge in [0.2, 0.25) is 0 Å². The van der Waals surface area contributed by atoms with Crippen LogP contribution >= 0.6 is 11.3 Å². The number of hydrogen-bond donors (Lipinski definition) is 1. The van der Waals surface area contributed by atoms with Crippen LogP contribution in [0.25, 0.3) is 10.3 Å². The standard InChI is InChI=1S/C7H8N2S/c1-2-5-3-6-7(9-5)8-4-10-6/h3-4,9H,2H2,1H3. The molecule has 10 heavy (non-hydrogen) atoms. The largest absolute Gasteiger partial charge is 0.343 e. The zero-order valence-electron chi connectivity index (χ0n) is 5.72. The monoisotopic (exact) mass is 152 g/mol. The Hall–Kier alpha value is -0.830. The van der Waals surface area contributed by atoms with Crippen molar-refractivity contribution in [1.82, 2.24) is 9.97 Å². The van der Waals surface area contributed by atoms with Crippen molar-refractivity contribution in [2.45, 2.75) is 13.3 Å². The van der Waals surface area contributed by atoms with E-state index in [1.54, 1.807) is 11.3 Å². The summed E-state index contributed by atoms with van der Waals surface area (Å²) in [6, 6.07) is 2.16. The second kappa shape index (κ2) is 2.09. The van der Waals surface area contributed by atoms with E-state index in [1.165, 1.54) is 10.4 Å². The van der Waals surface area contributed by atoms with Crippen LogP contribution in [0.2, 0.25) is 0 Å². The molecule has 0 fully saturated rings. The smallest absolute Gasteiger partial charge is 0.148 e. The molecule has 52 valence electrons. The minimum Gasteiger partial charge on any atom is -0.343 e. The van der Waals surface area contributed by atoms with Crippen molar-refractivity contribution >= 4 is 21.7 Å². The van der Waals surface area contributed by atoms with E-state index in [0.717, 1.165) is 12.1 Å². The first kappa shape index (κ1) is 5.92. The van der Waals surface area contributed by atoms with Gasteiger partial charge in [0.05, 0.1) is 10.2 Å². The van der Waals surface area contributed by atoms with Gasteiger partial charge in [0.25, 0.3) is 0 Å². The van der Waals surface area contributed by atoms with Crippen molar-refractivity contribution in [1.29, 1.82) is 0 Å². The predicted octanol–water partition coefficient (Wildman–Crippen LogP) is 2.19. The summed E-state index contributed by atoms with van der Waals surface area (Å²) in [4.78, 5) is 7.37. The summed E-state index contributed by atoms with van der Waals surface area (Å²) in [6.07, 6.45) is 1.06. The van der Waals surface area contributed by atoms with Crippen LogP contribution in [0.3, 0.4) is 0 Å². The molecule has 0 radical (unpaired) electrons. The summed E-state index contributed by atoms with van der Waals surface area (Å²) in [5, 5.41) is 0. The number of thiazole rings is 1. The van der Waals surface area contributed by atoms with Gasteiger partial charge in [-0.25, -0.2) is 4.98 Å². The first-order valence-corrected chi connectivity index (χ1v) is 4.19. The summed E-state index contributed by atoms with van der Waals surface area (Å²) in [5.74, 6) is 0. The quantitative estimate of drug-likeness (QED) is 0.666. The van der Waals surface area contributed by atoms with Crippen LogP contribution in [-0.4, -0.2) is 9.97 Å². The zero-order valence-corrected chi connectivity index (χ0v) is 6.53. The molecule has 0 spiro atoms. The van der Waals surface area contributed by atoms with Gasteiger partial charge < -0.3 is 4.98 Å². The number of fused-ring (bicyclic) bond motifs is 1. The molecule has 3 heteroatoms. The molecule has 2 aromatic rings. The van der Waals surface area contributed by atoms with E-state index in [-0.39, 0.29) is 0 Å². The molecule has 0 amide bonds. The molecule has 0 saturated heterocycles. The van der Waals surface area contributed by atoms with Crippen molar-refractivity contribution in [2.75, 3.05) is 0 Å². The number of nitrogens with one attached hydrogen (secondary N) is 1. The summed E-state index contributed by atoms with van der Waals surface area (Å²) >= 11 is 1.68. The Morgan fingerprint density at radius 2 is 2.60 bits per heavy atom. The van der Waals surface area contributed by atoms with Crippen LogP contribution in [0.1, 0.15) is 12.6 Å². The number of hydrogen-bond acceptors (Lipinski definition) is 2. The van der Waals surface area contributed by atoms with Crippen molar-refractivity contribution in [3.8, 4) is 0 Å². The molecule has 2 nitrogen and oxygen atoms in total. The van der Waals surface area contributed by atoms with Crippen LogP contribution in [0.15, 0.2) is 11.6 Å². The van der Waals surface area contributed by atoms with Gasteiger partial charge in [-0.2, -0.15) is 0 Å². The summed E-state index contributed by atoms with van der Waals surface area (Å²) in [6.45, 7) is 2.13. The maximum absolute atomic E-state index is 4.15. The van der Waals surface area contributed by atoms with E-state index in [1.807, 2.05) is 5.51 Å². The topological polar surface area (TPSA) is 28.7 Å². The minimum absolute atomic E-state index is 1.03. The average molecular weight is 152 g/mol. The van der Waals surface area contributed by atoms with Gasteiger partial charge in [0.1, 0.15) is 5.65 Å². The first-order chi connectivity index (χ1) is 4.90. The fraction of sp³-hybridized carbons (Fsp3) is 0.286. The van der Waals surface area contributed by atoms with E-state index >= 15 is 0 Å². The second-order valence-electron chi connectivity index (χ2n) is 2.21. The third kappa shape index (κ3) is 0.743. The second-order valence-corrected chi connectivity index (χ2v) is 3.10. The SMILES string of the molecule is CCc1cc2scnc2[nH]1. The van der Waals surface area contributed by atoms with Crippen LogP contribution in [-0.2, 0) is 6.42 Å². The molecule has 0 unspecified atom stereocenters. The lowest BCUT2D eigenvalue weighted by molar-refractivity contribution is 1.07. The third-order valence-electron chi connectivity index (χ3n) is 1.56. The van der Waals surface area contributed by atoms with Gasteiger partial charge in [0, 0.05) is 5.69 Å². The van der Waals surface area contributed by atoms with E-state index in [0.29, 0.717) is 0 Å². The molecule has 0 atom stereocenters. The number of rotatable bonds is 1. The Balaban J connectivity index is 2.67. The Labute approximate surface area is 62.9 Å². The molecule has 0 aliphatic carbocycles. The summed E-state index contributed by atoms with van der Waals surface area (Å²) in [7, 11) is 0. The fourth-order valence-corrected chi connectivity index (χ4v) is 1.69. The Morgan fingerprint density at radius 1 is 1.70 bits per heavy atom. The van der Waals surface area contributed by atoms with Gasteiger partial charge in [-0.05, 0) is 12.5 Å². The van der Waals surface area contributed by atoms with Gasteiger partial charge in [-0.3, -0.25) is 0 Å². The van der Waals surface area contributed by atoms with E-state index in [2.05, 4.69) is 23.0 Å². The number of aryl methyl sites for hydroxylation is 1. The molecule has 2 rings (SSSR count). The minimum atomic E-state index is 1.03. The van der Waals surface area contributed by atoms with Crippen molar-refractivity contribution < 1.29 is 0 Å². The molecular formula is C7H8N2S. The highest BCUT2D eigenvalue weighted by molar-refractivity contribution is 7.16. The highest BCUT2D eigenvalue weighted by Gasteiger charge is 1.99. The lowest BCUT2D eigenvalue weighted by Gasteiger charge is -1.82. The number of nitrogens with zero attached hydrogens (tertiary/aromatic N) is 1. The van der Waals surface area contributed by atoms with Crippen LogP contribution in [0, 0.1) is 0 Å². The Morgan fingerprint density at radius 3 is 3.30 bits per heavy atom. The number of aromatic amines is 1. The first-order valence-electron chi connectivity index (χ1n) is 3.31. The Kier molecular flexibility index (Phi) is 1.24. The summed E-state index contributed by atoms with van der Waals surface area (Å²) in [5.41, 5.74) is 4.16. The Bertz CT molecular complexity index is 305. The average Bonchev–Trinajstić information content (AvgIpc) is 2.42. The molecule has 0 aromatic carbocycles. The lowest BCUT2D eigenvalue weighted by atomic mass is 10.3. The normalized spacial score (nSPS) is 10.9. The number of H-pyrrole nitrogens is 1. The van der Waals surface area contributed by atoms with Crippen LogP contribution in [0.4, 0.5) is 0 Å². The van der Waals surface area contributed by atoms with Crippen LogP contribution < -0.4 is 0 Å². The number of aromatic nitrogens is 2. The molecule has 0 aliphatic rings. The van der Waals surface area contributed by atoms with Crippen molar-refractivity contribution in [3.05, 3.63) is 17.3 Å². The highest BCUT2D eigenvalue weighted by Crippen LogP contribution is 2.18. The molecule has 0 bridgehead atoms. The molecule has 1 N–H and O–H groups in total. The van der Waals surface area contributed by atoms with Crippen LogP contribution in [0.5, 0.6) is 0 Å². The molecular weight excluding hydrogens is 144 g/mol. The van der Waals surface area contributed by atoms with E-state index in [9.17, 15) is 0 Å². The highest BCUT2D eigenvalue weighted by atomic mass is 32.1. The van der Waals surface area contributed by atoms with Gasteiger partial charge >= 0.3 is 0 Å². The third-order valence-corrected chi connectivity index (χ3v) is 2.34. The maximum atomic E-state index is 4.15. The van der Waals surface area contributed by atoms with E-state index < -0.39 is 0 Å². The van der Waals surface area contributed by atoms with Gasteiger partial charge in [-0.15, -0.1) is 11.3 Å². The molecule has 0 aliphatic heterocycles. The van der Waals surface area contributed by atoms with E-state index in [4.69, 9.17) is 0 Å². The molecule has 0 saturated carbocycles. The maximum Gasteiger partial charge on any atom is 0.148 e. The zero-order chi connectivity index (χ0) is 6.97. The van der Waals surface area contributed by atoms with Gasteiger partial charge in [0.15, 0.2) is 0 Å². The summed E-state index contributed by atoms with van der Waals surface area (Å²) < 4.78 is 1.26. The lowest BCUT2D eigenvalue weighted by Crippen LogP contribution is -1.76. The molecule has 2 heterocycles. The fourth-order valence-electron chi connectivity index (χ4n) is 0.988. The van der Waals surface area contributed by atoms with Gasteiger partial charge in [-0.1, -0.05) is 6.92 Å². The predicted molar refractivity (Wildman–Crippen MR) is 43.3 cm³/mol.